The van der Waals surface area contributed by atoms with Gasteiger partial charge in [0.15, 0.2) is 0 Å². The number of hydrogen-bond donors (Lipinski definition) is 2. The van der Waals surface area contributed by atoms with Crippen molar-refractivity contribution in [2.75, 3.05) is 38.1 Å². The summed E-state index contributed by atoms with van der Waals surface area (Å²) in [6.07, 6.45) is 0.653. The van der Waals surface area contributed by atoms with Gasteiger partial charge in [-0.15, -0.1) is 0 Å². The Morgan fingerprint density at radius 1 is 1.12 bits per heavy atom. The molecule has 0 amide bonds. The van der Waals surface area contributed by atoms with Gasteiger partial charge in [0.25, 0.3) is 5.56 Å². The second-order valence-corrected chi connectivity index (χ2v) is 6.80. The molecule has 1 aliphatic rings. The molecule has 6 nitrogen and oxygen atoms in total. The van der Waals surface area contributed by atoms with Gasteiger partial charge in [-0.05, 0) is 25.6 Å². The maximum absolute atomic E-state index is 12.2. The first kappa shape index (κ1) is 15.9. The molecule has 6 heteroatoms. The van der Waals surface area contributed by atoms with Gasteiger partial charge in [-0.25, -0.2) is 4.98 Å². The Kier molecular flexibility index (Phi) is 4.05. The smallest absolute Gasteiger partial charge is 0.252 e. The number of para-hydroxylation sites is 1. The minimum atomic E-state index is -0.0866. The molecule has 1 fully saturated rings. The number of aromatic nitrogens is 3. The molecule has 3 aromatic rings. The maximum Gasteiger partial charge on any atom is 0.252 e. The molecule has 1 aliphatic heterocycles. The number of fused-ring (bicyclic) bond motifs is 1. The van der Waals surface area contributed by atoms with Gasteiger partial charge < -0.3 is 14.8 Å². The number of hydrogen-bond acceptors (Lipinski definition) is 4. The number of nitrogens with one attached hydrogen (secondary N) is 2. The fourth-order valence-corrected chi connectivity index (χ4v) is 3.50. The van der Waals surface area contributed by atoms with Gasteiger partial charge in [0.1, 0.15) is 0 Å². The summed E-state index contributed by atoms with van der Waals surface area (Å²) in [5.74, 6) is 0.688. The van der Waals surface area contributed by atoms with Gasteiger partial charge in [-0.1, -0.05) is 18.2 Å². The van der Waals surface area contributed by atoms with Gasteiger partial charge in [0, 0.05) is 55.3 Å². The SMILES string of the molecule is Cc1[nH]c2ccccc2c1Cc1cc(=O)[nH]c(N2CCN(C)CC2)n1. The summed E-state index contributed by atoms with van der Waals surface area (Å²) >= 11 is 0. The van der Waals surface area contributed by atoms with Crippen LogP contribution >= 0.6 is 0 Å². The van der Waals surface area contributed by atoms with Crippen molar-refractivity contribution in [1.82, 2.24) is 19.9 Å². The highest BCUT2D eigenvalue weighted by Gasteiger charge is 2.17. The summed E-state index contributed by atoms with van der Waals surface area (Å²) in [6.45, 7) is 5.80. The number of anilines is 1. The van der Waals surface area contributed by atoms with Crippen LogP contribution in [0.3, 0.4) is 0 Å². The fraction of sp³-hybridized carbons (Fsp3) is 0.368. The molecule has 0 bridgehead atoms. The molecule has 2 N–H and O–H groups in total. The minimum absolute atomic E-state index is 0.0866. The van der Waals surface area contributed by atoms with E-state index in [2.05, 4.69) is 45.9 Å². The first-order valence-corrected chi connectivity index (χ1v) is 8.70. The molecule has 0 saturated carbocycles. The number of aryl methyl sites for hydroxylation is 1. The fourth-order valence-electron chi connectivity index (χ4n) is 3.50. The number of H-pyrrole nitrogens is 2. The predicted octanol–water partition coefficient (Wildman–Crippen LogP) is 1.90. The van der Waals surface area contributed by atoms with Crippen LogP contribution in [0.5, 0.6) is 0 Å². The molecule has 0 spiro atoms. The maximum atomic E-state index is 12.2. The minimum Gasteiger partial charge on any atom is -0.358 e. The number of piperazine rings is 1. The second kappa shape index (κ2) is 6.37. The van der Waals surface area contributed by atoms with E-state index in [1.807, 2.05) is 12.1 Å². The molecule has 1 saturated heterocycles. The highest BCUT2D eigenvalue weighted by molar-refractivity contribution is 5.84. The van der Waals surface area contributed by atoms with E-state index in [-0.39, 0.29) is 5.56 Å². The normalized spacial score (nSPS) is 15.8. The summed E-state index contributed by atoms with van der Waals surface area (Å²) in [6, 6.07) is 9.87. The van der Waals surface area contributed by atoms with Crippen molar-refractivity contribution < 1.29 is 0 Å². The average Bonchev–Trinajstić information content (AvgIpc) is 2.91. The standard InChI is InChI=1S/C19H23N5O/c1-13-16(15-5-3-4-6-17(15)20-13)11-14-12-18(25)22-19(21-14)24-9-7-23(2)8-10-24/h3-6,12,20H,7-11H2,1-2H3,(H,21,22,25). The lowest BCUT2D eigenvalue weighted by molar-refractivity contribution is 0.311. The van der Waals surface area contributed by atoms with Crippen LogP contribution in [-0.2, 0) is 6.42 Å². The zero-order valence-corrected chi connectivity index (χ0v) is 14.7. The number of benzene rings is 1. The Hall–Kier alpha value is -2.60. The van der Waals surface area contributed by atoms with Gasteiger partial charge in [0.05, 0.1) is 5.69 Å². The topological polar surface area (TPSA) is 68.0 Å². The van der Waals surface area contributed by atoms with Crippen molar-refractivity contribution in [3.8, 4) is 0 Å². The van der Waals surface area contributed by atoms with Crippen LogP contribution in [0.1, 0.15) is 17.0 Å². The molecule has 0 radical (unpaired) electrons. The highest BCUT2D eigenvalue weighted by Crippen LogP contribution is 2.24. The average molecular weight is 337 g/mol. The molecule has 2 aromatic heterocycles. The molecular weight excluding hydrogens is 314 g/mol. The molecule has 0 unspecified atom stereocenters. The summed E-state index contributed by atoms with van der Waals surface area (Å²) in [7, 11) is 2.11. The van der Waals surface area contributed by atoms with Crippen LogP contribution < -0.4 is 10.5 Å². The number of nitrogens with zero attached hydrogens (tertiary/aromatic N) is 3. The lowest BCUT2D eigenvalue weighted by Gasteiger charge is -2.32. The van der Waals surface area contributed by atoms with E-state index in [0.717, 1.165) is 43.1 Å². The van der Waals surface area contributed by atoms with E-state index in [1.54, 1.807) is 6.07 Å². The van der Waals surface area contributed by atoms with E-state index < -0.39 is 0 Å². The molecule has 1 aromatic carbocycles. The monoisotopic (exact) mass is 337 g/mol. The van der Waals surface area contributed by atoms with Crippen molar-refractivity contribution in [1.29, 1.82) is 0 Å². The lowest BCUT2D eigenvalue weighted by atomic mass is 10.1. The Morgan fingerprint density at radius 2 is 1.88 bits per heavy atom. The first-order valence-electron chi connectivity index (χ1n) is 8.70. The zero-order chi connectivity index (χ0) is 17.4. The number of likely N-dealkylation sites (N-methyl/N-ethyl adjacent to an activating group) is 1. The molecular formula is C19H23N5O. The van der Waals surface area contributed by atoms with Gasteiger partial charge in [-0.2, -0.15) is 0 Å². The quantitative estimate of drug-likeness (QED) is 0.766. The lowest BCUT2D eigenvalue weighted by Crippen LogP contribution is -2.45. The van der Waals surface area contributed by atoms with Crippen molar-refractivity contribution in [2.24, 2.45) is 0 Å². The van der Waals surface area contributed by atoms with Crippen molar-refractivity contribution in [3.63, 3.8) is 0 Å². The second-order valence-electron chi connectivity index (χ2n) is 6.80. The Labute approximate surface area is 146 Å². The third-order valence-electron chi connectivity index (χ3n) is 4.97. The number of aromatic amines is 2. The summed E-state index contributed by atoms with van der Waals surface area (Å²) in [4.78, 5) is 27.7. The van der Waals surface area contributed by atoms with E-state index in [0.29, 0.717) is 12.4 Å². The van der Waals surface area contributed by atoms with Crippen molar-refractivity contribution in [3.05, 3.63) is 57.6 Å². The van der Waals surface area contributed by atoms with Gasteiger partial charge in [-0.3, -0.25) is 9.78 Å². The highest BCUT2D eigenvalue weighted by atomic mass is 16.1. The Morgan fingerprint density at radius 3 is 2.68 bits per heavy atom. The van der Waals surface area contributed by atoms with Crippen LogP contribution in [0.15, 0.2) is 35.1 Å². The van der Waals surface area contributed by atoms with E-state index in [4.69, 9.17) is 4.98 Å². The van der Waals surface area contributed by atoms with Crippen LogP contribution in [-0.4, -0.2) is 53.1 Å². The van der Waals surface area contributed by atoms with Crippen molar-refractivity contribution >= 4 is 16.9 Å². The first-order chi connectivity index (χ1) is 12.1. The predicted molar refractivity (Wildman–Crippen MR) is 100 cm³/mol. The molecule has 0 atom stereocenters. The Balaban J connectivity index is 1.66. The summed E-state index contributed by atoms with van der Waals surface area (Å²) < 4.78 is 0. The molecule has 3 heterocycles. The largest absolute Gasteiger partial charge is 0.358 e. The zero-order valence-electron chi connectivity index (χ0n) is 14.7. The van der Waals surface area contributed by atoms with Crippen LogP contribution in [0.2, 0.25) is 0 Å². The summed E-state index contributed by atoms with van der Waals surface area (Å²) in [5.41, 5.74) is 4.18. The third-order valence-corrected chi connectivity index (χ3v) is 4.97. The van der Waals surface area contributed by atoms with Crippen molar-refractivity contribution in [2.45, 2.75) is 13.3 Å². The van der Waals surface area contributed by atoms with Crippen LogP contribution in [0.25, 0.3) is 10.9 Å². The summed E-state index contributed by atoms with van der Waals surface area (Å²) in [5, 5.41) is 1.20. The molecule has 25 heavy (non-hydrogen) atoms. The Bertz CT molecular complexity index is 950. The van der Waals surface area contributed by atoms with Gasteiger partial charge in [0.2, 0.25) is 5.95 Å². The van der Waals surface area contributed by atoms with E-state index in [9.17, 15) is 4.79 Å². The van der Waals surface area contributed by atoms with Gasteiger partial charge >= 0.3 is 0 Å². The van der Waals surface area contributed by atoms with E-state index >= 15 is 0 Å². The van der Waals surface area contributed by atoms with E-state index in [1.165, 1.54) is 10.9 Å². The molecule has 0 aliphatic carbocycles. The molecule has 4 rings (SSSR count). The third kappa shape index (κ3) is 3.17. The van der Waals surface area contributed by atoms with Crippen LogP contribution in [0, 0.1) is 6.92 Å². The van der Waals surface area contributed by atoms with Crippen LogP contribution in [0.4, 0.5) is 5.95 Å². The molecule has 130 valence electrons. The number of rotatable bonds is 3.